The Kier molecular flexibility index (Phi) is 3.77. The van der Waals surface area contributed by atoms with E-state index in [4.69, 9.17) is 17.3 Å². The summed E-state index contributed by atoms with van der Waals surface area (Å²) in [4.78, 5) is 12.0. The van der Waals surface area contributed by atoms with Crippen molar-refractivity contribution in [2.45, 2.75) is 26.4 Å². The second kappa shape index (κ2) is 5.31. The van der Waals surface area contributed by atoms with Crippen LogP contribution in [0.2, 0.25) is 5.02 Å². The van der Waals surface area contributed by atoms with E-state index in [0.29, 0.717) is 17.3 Å². The molecule has 4 nitrogen and oxygen atoms in total. The van der Waals surface area contributed by atoms with E-state index in [2.05, 4.69) is 0 Å². The van der Waals surface area contributed by atoms with Crippen molar-refractivity contribution in [3.05, 3.63) is 51.7 Å². The minimum Gasteiger partial charge on any atom is -0.398 e. The molecule has 0 saturated carbocycles. The Hall–Kier alpha value is -1.68. The second-order valence-electron chi connectivity index (χ2n) is 4.21. The number of nitrogens with zero attached hydrogens (tertiary/aromatic N) is 2. The Labute approximate surface area is 111 Å². The molecule has 0 spiro atoms. The number of anilines is 1. The van der Waals surface area contributed by atoms with Crippen molar-refractivity contribution in [3.63, 3.8) is 0 Å². The van der Waals surface area contributed by atoms with Crippen LogP contribution in [0.4, 0.5) is 5.69 Å². The first-order valence-corrected chi connectivity index (χ1v) is 6.29. The number of halogens is 1. The van der Waals surface area contributed by atoms with Crippen LogP contribution in [0.1, 0.15) is 18.9 Å². The normalized spacial score (nSPS) is 10.8. The monoisotopic (exact) mass is 265 g/mol. The third kappa shape index (κ3) is 2.43. The highest BCUT2D eigenvalue weighted by atomic mass is 35.5. The summed E-state index contributed by atoms with van der Waals surface area (Å²) in [5.41, 5.74) is 7.24. The standard InChI is InChI=1S/C13H16ClN3O/c1-2-6-16-7-8-17(13(16)18)9-10-11(14)4-3-5-12(10)15/h3-5,7-8H,2,6,9,15H2,1H3. The van der Waals surface area contributed by atoms with Crippen molar-refractivity contribution in [1.29, 1.82) is 0 Å². The van der Waals surface area contributed by atoms with Gasteiger partial charge in [-0.15, -0.1) is 0 Å². The van der Waals surface area contributed by atoms with Crippen LogP contribution in [-0.2, 0) is 13.1 Å². The number of nitrogen functional groups attached to an aromatic ring is 1. The molecule has 0 aliphatic carbocycles. The average Bonchev–Trinajstić information content (AvgIpc) is 2.67. The second-order valence-corrected chi connectivity index (χ2v) is 4.62. The lowest BCUT2D eigenvalue weighted by Gasteiger charge is -2.08. The van der Waals surface area contributed by atoms with Crippen LogP contribution in [0.5, 0.6) is 0 Å². The molecule has 1 aromatic heterocycles. The van der Waals surface area contributed by atoms with Gasteiger partial charge in [0.25, 0.3) is 0 Å². The molecule has 1 heterocycles. The molecule has 0 amide bonds. The minimum atomic E-state index is -0.0313. The summed E-state index contributed by atoms with van der Waals surface area (Å²) in [6, 6.07) is 5.36. The fraction of sp³-hybridized carbons (Fsp3) is 0.308. The third-order valence-corrected chi connectivity index (χ3v) is 3.22. The zero-order chi connectivity index (χ0) is 13.1. The van der Waals surface area contributed by atoms with Gasteiger partial charge in [-0.2, -0.15) is 0 Å². The Bertz CT molecular complexity index is 580. The van der Waals surface area contributed by atoms with Gasteiger partial charge >= 0.3 is 5.69 Å². The summed E-state index contributed by atoms with van der Waals surface area (Å²) in [6.45, 7) is 3.17. The lowest BCUT2D eigenvalue weighted by Crippen LogP contribution is -2.24. The van der Waals surface area contributed by atoms with Gasteiger partial charge in [-0.05, 0) is 18.6 Å². The highest BCUT2D eigenvalue weighted by Crippen LogP contribution is 2.22. The summed E-state index contributed by atoms with van der Waals surface area (Å²) >= 11 is 6.10. The predicted molar refractivity (Wildman–Crippen MR) is 73.9 cm³/mol. The zero-order valence-electron chi connectivity index (χ0n) is 10.3. The quantitative estimate of drug-likeness (QED) is 0.863. The number of rotatable bonds is 4. The van der Waals surface area contributed by atoms with Crippen LogP contribution < -0.4 is 11.4 Å². The third-order valence-electron chi connectivity index (χ3n) is 2.87. The predicted octanol–water partition coefficient (Wildman–Crippen LogP) is 2.34. The van der Waals surface area contributed by atoms with Gasteiger partial charge in [0.05, 0.1) is 6.54 Å². The summed E-state index contributed by atoms with van der Waals surface area (Å²) in [7, 11) is 0. The Balaban J connectivity index is 2.32. The van der Waals surface area contributed by atoms with E-state index in [-0.39, 0.29) is 5.69 Å². The van der Waals surface area contributed by atoms with Gasteiger partial charge in [-0.3, -0.25) is 9.13 Å². The maximum Gasteiger partial charge on any atom is 0.328 e. The van der Waals surface area contributed by atoms with E-state index in [9.17, 15) is 4.79 Å². The molecule has 0 unspecified atom stereocenters. The van der Waals surface area contributed by atoms with Crippen LogP contribution in [0, 0.1) is 0 Å². The zero-order valence-corrected chi connectivity index (χ0v) is 11.0. The van der Waals surface area contributed by atoms with Crippen LogP contribution in [-0.4, -0.2) is 9.13 Å². The molecule has 2 aromatic rings. The molecule has 0 fully saturated rings. The van der Waals surface area contributed by atoms with Crippen molar-refractivity contribution < 1.29 is 0 Å². The summed E-state index contributed by atoms with van der Waals surface area (Å²) in [6.07, 6.45) is 4.48. The summed E-state index contributed by atoms with van der Waals surface area (Å²) < 4.78 is 3.31. The fourth-order valence-electron chi connectivity index (χ4n) is 1.90. The van der Waals surface area contributed by atoms with Gasteiger partial charge in [0.15, 0.2) is 0 Å². The number of aromatic nitrogens is 2. The largest absolute Gasteiger partial charge is 0.398 e. The average molecular weight is 266 g/mol. The molecule has 0 bridgehead atoms. The molecule has 0 radical (unpaired) electrons. The highest BCUT2D eigenvalue weighted by molar-refractivity contribution is 6.31. The fourth-order valence-corrected chi connectivity index (χ4v) is 2.14. The van der Waals surface area contributed by atoms with E-state index in [1.165, 1.54) is 0 Å². The Morgan fingerprint density at radius 3 is 2.67 bits per heavy atom. The molecule has 5 heteroatoms. The van der Waals surface area contributed by atoms with Gasteiger partial charge in [0, 0.05) is 35.2 Å². The molecule has 96 valence electrons. The maximum atomic E-state index is 12.0. The maximum absolute atomic E-state index is 12.0. The highest BCUT2D eigenvalue weighted by Gasteiger charge is 2.08. The van der Waals surface area contributed by atoms with Crippen molar-refractivity contribution in [1.82, 2.24) is 9.13 Å². The molecule has 0 aliphatic rings. The van der Waals surface area contributed by atoms with Gasteiger partial charge < -0.3 is 5.73 Å². The van der Waals surface area contributed by atoms with E-state index in [1.807, 2.05) is 6.92 Å². The summed E-state index contributed by atoms with van der Waals surface area (Å²) in [5.74, 6) is 0. The number of benzene rings is 1. The van der Waals surface area contributed by atoms with E-state index >= 15 is 0 Å². The first-order valence-electron chi connectivity index (χ1n) is 5.92. The number of hydrogen-bond donors (Lipinski definition) is 1. The summed E-state index contributed by atoms with van der Waals surface area (Å²) in [5, 5.41) is 0.588. The SMILES string of the molecule is CCCn1ccn(Cc2c(N)cccc2Cl)c1=O. The van der Waals surface area contributed by atoms with Gasteiger partial charge in [-0.25, -0.2) is 4.79 Å². The molecular formula is C13H16ClN3O. The molecule has 0 atom stereocenters. The van der Waals surface area contributed by atoms with Crippen molar-refractivity contribution in [3.8, 4) is 0 Å². The topological polar surface area (TPSA) is 52.9 Å². The number of nitrogens with two attached hydrogens (primary N) is 1. The first kappa shape index (κ1) is 12.8. The molecule has 2 N–H and O–H groups in total. The molecular weight excluding hydrogens is 250 g/mol. The van der Waals surface area contributed by atoms with Crippen LogP contribution >= 0.6 is 11.6 Å². The van der Waals surface area contributed by atoms with Gasteiger partial charge in [0.1, 0.15) is 0 Å². The lowest BCUT2D eigenvalue weighted by atomic mass is 10.2. The van der Waals surface area contributed by atoms with E-state index in [1.54, 1.807) is 39.7 Å². The van der Waals surface area contributed by atoms with Crippen LogP contribution in [0.3, 0.4) is 0 Å². The Morgan fingerprint density at radius 2 is 2.00 bits per heavy atom. The Morgan fingerprint density at radius 1 is 1.28 bits per heavy atom. The van der Waals surface area contributed by atoms with Crippen molar-refractivity contribution in [2.24, 2.45) is 0 Å². The number of imidazole rings is 1. The van der Waals surface area contributed by atoms with Crippen LogP contribution in [0.15, 0.2) is 35.4 Å². The van der Waals surface area contributed by atoms with Gasteiger partial charge in [0.2, 0.25) is 0 Å². The molecule has 0 aliphatic heterocycles. The van der Waals surface area contributed by atoms with Crippen LogP contribution in [0.25, 0.3) is 0 Å². The van der Waals surface area contributed by atoms with Crippen molar-refractivity contribution >= 4 is 17.3 Å². The number of hydrogen-bond acceptors (Lipinski definition) is 2. The molecule has 0 saturated heterocycles. The first-order chi connectivity index (χ1) is 8.63. The van der Waals surface area contributed by atoms with Crippen molar-refractivity contribution in [2.75, 3.05) is 5.73 Å². The minimum absolute atomic E-state index is 0.0313. The molecule has 18 heavy (non-hydrogen) atoms. The smallest absolute Gasteiger partial charge is 0.328 e. The molecule has 1 aromatic carbocycles. The number of aryl methyl sites for hydroxylation is 1. The van der Waals surface area contributed by atoms with E-state index < -0.39 is 0 Å². The van der Waals surface area contributed by atoms with Gasteiger partial charge in [-0.1, -0.05) is 24.6 Å². The van der Waals surface area contributed by atoms with E-state index in [0.717, 1.165) is 18.5 Å². The lowest BCUT2D eigenvalue weighted by molar-refractivity contribution is 0.624. The molecule has 2 rings (SSSR count).